The second-order valence-electron chi connectivity index (χ2n) is 5.70. The van der Waals surface area contributed by atoms with Gasteiger partial charge in [0.1, 0.15) is 0 Å². The molecule has 0 spiro atoms. The van der Waals surface area contributed by atoms with E-state index in [0.29, 0.717) is 11.5 Å². The molecule has 17 heavy (non-hydrogen) atoms. The van der Waals surface area contributed by atoms with Crippen molar-refractivity contribution in [3.63, 3.8) is 0 Å². The smallest absolute Gasteiger partial charge is 0.0619 e. The maximum absolute atomic E-state index is 6.14. The summed E-state index contributed by atoms with van der Waals surface area (Å²) in [6.45, 7) is 2.66. The molecule has 1 heterocycles. The minimum absolute atomic E-state index is 0.359. The first-order chi connectivity index (χ1) is 8.35. The van der Waals surface area contributed by atoms with Crippen LogP contribution in [0.3, 0.4) is 0 Å². The molecule has 0 aromatic heterocycles. The normalized spacial score (nSPS) is 26.6. The van der Waals surface area contributed by atoms with Gasteiger partial charge in [-0.25, -0.2) is 0 Å². The first kappa shape index (κ1) is 13.7. The lowest BCUT2D eigenvalue weighted by molar-refractivity contribution is -0.0606. The van der Waals surface area contributed by atoms with Crippen molar-refractivity contribution in [2.75, 3.05) is 25.6 Å². The van der Waals surface area contributed by atoms with Crippen molar-refractivity contribution in [3.8, 4) is 0 Å². The van der Waals surface area contributed by atoms with Gasteiger partial charge in [-0.1, -0.05) is 25.7 Å². The molecule has 1 aliphatic heterocycles. The second kappa shape index (κ2) is 7.01. The number of hydrogen-bond donors (Lipinski definition) is 1. The van der Waals surface area contributed by atoms with Gasteiger partial charge in [0.2, 0.25) is 0 Å². The Kier molecular flexibility index (Phi) is 5.64. The summed E-state index contributed by atoms with van der Waals surface area (Å²) < 4.78 is 11.5. The standard InChI is InChI=1S/C14H26O2S/c17-12-14(7-3-1-2-4-8-14)11-16-13-5-9-15-10-6-13/h13,17H,1-12H2. The lowest BCUT2D eigenvalue weighted by atomic mass is 9.83. The van der Waals surface area contributed by atoms with Crippen LogP contribution in [0.1, 0.15) is 51.4 Å². The highest BCUT2D eigenvalue weighted by Gasteiger charge is 2.31. The summed E-state index contributed by atoms with van der Waals surface area (Å²) in [5, 5.41) is 0. The van der Waals surface area contributed by atoms with Gasteiger partial charge in [0.05, 0.1) is 12.7 Å². The number of rotatable bonds is 4. The van der Waals surface area contributed by atoms with Gasteiger partial charge in [0.15, 0.2) is 0 Å². The summed E-state index contributed by atoms with van der Waals surface area (Å²) >= 11 is 4.59. The number of ether oxygens (including phenoxy) is 2. The van der Waals surface area contributed by atoms with E-state index < -0.39 is 0 Å². The third kappa shape index (κ3) is 4.15. The highest BCUT2D eigenvalue weighted by Crippen LogP contribution is 2.37. The van der Waals surface area contributed by atoms with E-state index in [1.165, 1.54) is 38.5 Å². The Morgan fingerprint density at radius 3 is 2.29 bits per heavy atom. The number of thiol groups is 1. The Morgan fingerprint density at radius 2 is 1.71 bits per heavy atom. The van der Waals surface area contributed by atoms with Crippen molar-refractivity contribution >= 4 is 12.6 Å². The Bertz CT molecular complexity index is 206. The van der Waals surface area contributed by atoms with E-state index in [9.17, 15) is 0 Å². The van der Waals surface area contributed by atoms with Crippen LogP contribution >= 0.6 is 12.6 Å². The van der Waals surface area contributed by atoms with Crippen molar-refractivity contribution in [2.45, 2.75) is 57.5 Å². The fourth-order valence-corrected chi connectivity index (χ4v) is 3.37. The topological polar surface area (TPSA) is 18.5 Å². The van der Waals surface area contributed by atoms with Crippen molar-refractivity contribution in [1.29, 1.82) is 0 Å². The third-order valence-corrected chi connectivity index (χ3v) is 4.96. The average molecular weight is 258 g/mol. The number of hydrogen-bond acceptors (Lipinski definition) is 3. The van der Waals surface area contributed by atoms with Crippen LogP contribution in [0, 0.1) is 5.41 Å². The Labute approximate surface area is 111 Å². The maximum Gasteiger partial charge on any atom is 0.0619 e. The quantitative estimate of drug-likeness (QED) is 0.615. The Hall–Kier alpha value is 0.270. The van der Waals surface area contributed by atoms with E-state index >= 15 is 0 Å². The second-order valence-corrected chi connectivity index (χ2v) is 6.01. The van der Waals surface area contributed by atoms with Gasteiger partial charge in [-0.05, 0) is 31.4 Å². The van der Waals surface area contributed by atoms with Crippen LogP contribution in [0.15, 0.2) is 0 Å². The molecule has 0 bridgehead atoms. The molecule has 3 heteroatoms. The lowest BCUT2D eigenvalue weighted by Crippen LogP contribution is -2.33. The predicted octanol–water partition coefficient (Wildman–Crippen LogP) is 3.45. The molecule has 2 rings (SSSR count). The van der Waals surface area contributed by atoms with Crippen molar-refractivity contribution in [1.82, 2.24) is 0 Å². The lowest BCUT2D eigenvalue weighted by Gasteiger charge is -2.33. The Balaban J connectivity index is 1.80. The molecule has 0 amide bonds. The molecule has 1 saturated heterocycles. The molecule has 0 N–H and O–H groups in total. The van der Waals surface area contributed by atoms with E-state index in [2.05, 4.69) is 12.6 Å². The van der Waals surface area contributed by atoms with Crippen LogP contribution in [0.2, 0.25) is 0 Å². The van der Waals surface area contributed by atoms with E-state index in [4.69, 9.17) is 9.47 Å². The summed E-state index contributed by atoms with van der Waals surface area (Å²) in [5.41, 5.74) is 0.359. The monoisotopic (exact) mass is 258 g/mol. The van der Waals surface area contributed by atoms with Gasteiger partial charge in [-0.3, -0.25) is 0 Å². The highest BCUT2D eigenvalue weighted by atomic mass is 32.1. The van der Waals surface area contributed by atoms with Crippen LogP contribution in [0.4, 0.5) is 0 Å². The average Bonchev–Trinajstić information content (AvgIpc) is 2.64. The van der Waals surface area contributed by atoms with E-state index in [1.54, 1.807) is 0 Å². The summed E-state index contributed by atoms with van der Waals surface area (Å²) in [4.78, 5) is 0. The summed E-state index contributed by atoms with van der Waals surface area (Å²) in [5.74, 6) is 0.982. The molecular weight excluding hydrogens is 232 g/mol. The minimum atomic E-state index is 0.359. The van der Waals surface area contributed by atoms with Crippen LogP contribution in [-0.2, 0) is 9.47 Å². The van der Waals surface area contributed by atoms with Crippen molar-refractivity contribution in [2.24, 2.45) is 5.41 Å². The van der Waals surface area contributed by atoms with E-state index in [-0.39, 0.29) is 0 Å². The molecule has 2 fully saturated rings. The molecule has 0 radical (unpaired) electrons. The minimum Gasteiger partial charge on any atom is -0.381 e. The zero-order valence-corrected chi connectivity index (χ0v) is 11.7. The molecule has 0 aromatic carbocycles. The third-order valence-electron chi connectivity index (χ3n) is 4.29. The molecule has 0 aromatic rings. The van der Waals surface area contributed by atoms with Gasteiger partial charge in [-0.15, -0.1) is 0 Å². The van der Waals surface area contributed by atoms with E-state index in [0.717, 1.165) is 38.4 Å². The van der Waals surface area contributed by atoms with Crippen molar-refractivity contribution < 1.29 is 9.47 Å². The summed E-state index contributed by atoms with van der Waals surface area (Å²) in [6, 6.07) is 0. The molecule has 0 atom stereocenters. The fraction of sp³-hybridized carbons (Fsp3) is 1.00. The van der Waals surface area contributed by atoms with Gasteiger partial charge in [0, 0.05) is 18.6 Å². The van der Waals surface area contributed by atoms with Gasteiger partial charge >= 0.3 is 0 Å². The SMILES string of the molecule is SCC1(COC2CCOCC2)CCCCCC1. The van der Waals surface area contributed by atoms with E-state index in [1.807, 2.05) is 0 Å². The van der Waals surface area contributed by atoms with Crippen LogP contribution in [-0.4, -0.2) is 31.7 Å². The largest absolute Gasteiger partial charge is 0.381 e. The van der Waals surface area contributed by atoms with Crippen LogP contribution in [0.25, 0.3) is 0 Å². The fourth-order valence-electron chi connectivity index (χ4n) is 2.96. The van der Waals surface area contributed by atoms with Gasteiger partial charge in [0.25, 0.3) is 0 Å². The predicted molar refractivity (Wildman–Crippen MR) is 73.8 cm³/mol. The first-order valence-corrected chi connectivity index (χ1v) is 7.78. The zero-order chi connectivity index (χ0) is 12.0. The molecule has 100 valence electrons. The summed E-state index contributed by atoms with van der Waals surface area (Å²) in [7, 11) is 0. The van der Waals surface area contributed by atoms with Crippen molar-refractivity contribution in [3.05, 3.63) is 0 Å². The molecule has 2 nitrogen and oxygen atoms in total. The Morgan fingerprint density at radius 1 is 1.06 bits per heavy atom. The molecule has 2 aliphatic rings. The van der Waals surface area contributed by atoms with Gasteiger partial charge < -0.3 is 9.47 Å². The molecule has 1 aliphatic carbocycles. The molecule has 0 unspecified atom stereocenters. The zero-order valence-electron chi connectivity index (χ0n) is 10.8. The summed E-state index contributed by atoms with van der Waals surface area (Å²) in [6.07, 6.45) is 10.7. The first-order valence-electron chi connectivity index (χ1n) is 7.15. The molecule has 1 saturated carbocycles. The van der Waals surface area contributed by atoms with Crippen LogP contribution < -0.4 is 0 Å². The van der Waals surface area contributed by atoms with Crippen LogP contribution in [0.5, 0.6) is 0 Å². The highest BCUT2D eigenvalue weighted by molar-refractivity contribution is 7.80. The molecular formula is C14H26O2S. The van der Waals surface area contributed by atoms with Gasteiger partial charge in [-0.2, -0.15) is 12.6 Å². The maximum atomic E-state index is 6.14.